The average molecular weight is 400 g/mol. The highest BCUT2D eigenvalue weighted by Crippen LogP contribution is 2.37. The fourth-order valence-corrected chi connectivity index (χ4v) is 2.35. The molecule has 0 aliphatic rings. The van der Waals surface area contributed by atoms with Crippen LogP contribution in [0.5, 0.6) is 5.75 Å². The first-order chi connectivity index (χ1) is 12.6. The van der Waals surface area contributed by atoms with Gasteiger partial charge in [0, 0.05) is 16.6 Å². The molecule has 0 saturated heterocycles. The Morgan fingerprint density at radius 3 is 2.59 bits per heavy atom. The van der Waals surface area contributed by atoms with E-state index in [-0.39, 0.29) is 12.3 Å². The van der Waals surface area contributed by atoms with E-state index in [9.17, 15) is 28.1 Å². The smallest absolute Gasteiger partial charge is 0.423 e. The minimum atomic E-state index is -4.92. The van der Waals surface area contributed by atoms with Crippen LogP contribution in [0.4, 0.5) is 24.5 Å². The molecular formula is C17H15F3N2O4S. The van der Waals surface area contributed by atoms with Gasteiger partial charge in [0.25, 0.3) is 5.69 Å². The quantitative estimate of drug-likeness (QED) is 0.423. The molecule has 2 aromatic carbocycles. The van der Waals surface area contributed by atoms with E-state index in [2.05, 4.69) is 17.9 Å². The zero-order chi connectivity index (χ0) is 20.2. The van der Waals surface area contributed by atoms with Gasteiger partial charge in [0.15, 0.2) is 0 Å². The monoisotopic (exact) mass is 400 g/mol. The molecule has 0 heterocycles. The number of nitrogens with zero attached hydrogens (tertiary/aromatic N) is 1. The van der Waals surface area contributed by atoms with Crippen molar-refractivity contribution >= 4 is 29.9 Å². The molecule has 2 rings (SSSR count). The van der Waals surface area contributed by atoms with Crippen molar-refractivity contribution in [3.05, 3.63) is 58.1 Å². The van der Waals surface area contributed by atoms with E-state index in [0.717, 1.165) is 6.07 Å². The summed E-state index contributed by atoms with van der Waals surface area (Å²) in [7, 11) is 0. The van der Waals surface area contributed by atoms with Crippen LogP contribution >= 0.6 is 12.6 Å². The average Bonchev–Trinajstić information content (AvgIpc) is 2.58. The Morgan fingerprint density at radius 2 is 2.00 bits per heavy atom. The summed E-state index contributed by atoms with van der Waals surface area (Å²) in [5, 5.41) is 13.1. The SMILES string of the molecule is CC(COc1cccc(S)c1)C(=O)Nc1ccc([N+](=O)[O-])c(C(F)(F)F)c1. The molecule has 1 atom stereocenters. The minimum Gasteiger partial charge on any atom is -0.493 e. The van der Waals surface area contributed by atoms with E-state index in [1.165, 1.54) is 6.92 Å². The molecule has 0 saturated carbocycles. The van der Waals surface area contributed by atoms with Crippen LogP contribution < -0.4 is 10.1 Å². The summed E-state index contributed by atoms with van der Waals surface area (Å²) in [5.41, 5.74) is -2.70. The van der Waals surface area contributed by atoms with Crippen LogP contribution in [0.1, 0.15) is 12.5 Å². The van der Waals surface area contributed by atoms with Crippen LogP contribution in [-0.4, -0.2) is 17.4 Å². The predicted octanol–water partition coefficient (Wildman–Crippen LogP) is 4.56. The molecule has 0 radical (unpaired) electrons. The highest BCUT2D eigenvalue weighted by Gasteiger charge is 2.38. The third-order valence-corrected chi connectivity index (χ3v) is 3.81. The summed E-state index contributed by atoms with van der Waals surface area (Å²) in [6.07, 6.45) is -4.92. The van der Waals surface area contributed by atoms with Crippen molar-refractivity contribution in [1.29, 1.82) is 0 Å². The first-order valence-corrected chi connectivity index (χ1v) is 8.11. The predicted molar refractivity (Wildman–Crippen MR) is 95.1 cm³/mol. The van der Waals surface area contributed by atoms with Gasteiger partial charge in [-0.3, -0.25) is 14.9 Å². The van der Waals surface area contributed by atoms with E-state index in [4.69, 9.17) is 4.74 Å². The van der Waals surface area contributed by atoms with E-state index in [0.29, 0.717) is 22.8 Å². The lowest BCUT2D eigenvalue weighted by molar-refractivity contribution is -0.388. The largest absolute Gasteiger partial charge is 0.493 e. The lowest BCUT2D eigenvalue weighted by Crippen LogP contribution is -2.25. The van der Waals surface area contributed by atoms with Gasteiger partial charge in [-0.25, -0.2) is 0 Å². The molecule has 0 bridgehead atoms. The van der Waals surface area contributed by atoms with E-state index in [1.54, 1.807) is 24.3 Å². The normalized spacial score (nSPS) is 12.3. The van der Waals surface area contributed by atoms with Crippen LogP contribution in [0.2, 0.25) is 0 Å². The van der Waals surface area contributed by atoms with E-state index < -0.39 is 34.2 Å². The summed E-state index contributed by atoms with van der Waals surface area (Å²) in [6.45, 7) is 1.53. The third kappa shape index (κ3) is 5.61. The van der Waals surface area contributed by atoms with Crippen LogP contribution in [0, 0.1) is 16.0 Å². The number of hydrogen-bond acceptors (Lipinski definition) is 5. The number of ether oxygens (including phenoxy) is 1. The Morgan fingerprint density at radius 1 is 1.30 bits per heavy atom. The maximum atomic E-state index is 13.0. The summed E-state index contributed by atoms with van der Waals surface area (Å²) >= 11 is 4.16. The first-order valence-electron chi connectivity index (χ1n) is 7.66. The molecule has 0 aliphatic heterocycles. The number of benzene rings is 2. The number of halogens is 3. The van der Waals surface area contributed by atoms with Crippen molar-refractivity contribution in [2.45, 2.75) is 18.0 Å². The van der Waals surface area contributed by atoms with Gasteiger partial charge >= 0.3 is 6.18 Å². The zero-order valence-electron chi connectivity index (χ0n) is 14.0. The number of nitrogens with one attached hydrogen (secondary N) is 1. The lowest BCUT2D eigenvalue weighted by Gasteiger charge is -2.15. The van der Waals surface area contributed by atoms with Gasteiger partial charge in [0.2, 0.25) is 5.91 Å². The van der Waals surface area contributed by atoms with E-state index >= 15 is 0 Å². The minimum absolute atomic E-state index is 0.0117. The Hall–Kier alpha value is -2.75. The number of nitro groups is 1. The molecule has 0 aromatic heterocycles. The van der Waals surface area contributed by atoms with Crippen molar-refractivity contribution in [2.24, 2.45) is 5.92 Å². The molecule has 1 N–H and O–H groups in total. The van der Waals surface area contributed by atoms with Gasteiger partial charge in [-0.2, -0.15) is 13.2 Å². The van der Waals surface area contributed by atoms with Gasteiger partial charge < -0.3 is 10.1 Å². The first kappa shape index (κ1) is 20.6. The molecule has 27 heavy (non-hydrogen) atoms. The Balaban J connectivity index is 2.07. The second-order valence-electron chi connectivity index (χ2n) is 5.69. The van der Waals surface area contributed by atoms with Gasteiger partial charge in [-0.15, -0.1) is 12.6 Å². The Labute approximate surface area is 157 Å². The summed E-state index contributed by atoms with van der Waals surface area (Å²) in [6, 6.07) is 9.09. The molecule has 6 nitrogen and oxygen atoms in total. The molecule has 0 fully saturated rings. The zero-order valence-corrected chi connectivity index (χ0v) is 14.9. The number of carbonyl (C=O) groups excluding carboxylic acids is 1. The maximum Gasteiger partial charge on any atom is 0.423 e. The Kier molecular flexibility index (Phi) is 6.32. The fourth-order valence-electron chi connectivity index (χ4n) is 2.14. The van der Waals surface area contributed by atoms with Gasteiger partial charge in [-0.1, -0.05) is 13.0 Å². The molecule has 10 heteroatoms. The second kappa shape index (κ2) is 8.30. The van der Waals surface area contributed by atoms with Crippen LogP contribution in [0.3, 0.4) is 0 Å². The summed E-state index contributed by atoms with van der Waals surface area (Å²) in [5.74, 6) is -0.769. The molecule has 144 valence electrons. The molecule has 1 amide bonds. The lowest BCUT2D eigenvalue weighted by atomic mass is 10.1. The van der Waals surface area contributed by atoms with Crippen LogP contribution in [-0.2, 0) is 11.0 Å². The molecule has 1 unspecified atom stereocenters. The second-order valence-corrected chi connectivity index (χ2v) is 6.20. The number of anilines is 1. The molecule has 0 spiro atoms. The number of rotatable bonds is 6. The number of alkyl halides is 3. The Bertz CT molecular complexity index is 858. The molecule has 2 aromatic rings. The van der Waals surface area contributed by atoms with Gasteiger partial charge in [0.05, 0.1) is 17.4 Å². The standard InChI is InChI=1S/C17H15F3N2O4S/c1-10(9-26-12-3-2-4-13(27)8-12)16(23)21-11-5-6-15(22(24)25)14(7-11)17(18,19)20/h2-8,10,27H,9H2,1H3,(H,21,23). The highest BCUT2D eigenvalue weighted by atomic mass is 32.1. The van der Waals surface area contributed by atoms with Crippen molar-refractivity contribution in [3.63, 3.8) is 0 Å². The summed E-state index contributed by atoms with van der Waals surface area (Å²) in [4.78, 5) is 22.5. The van der Waals surface area contributed by atoms with Crippen LogP contribution in [0.25, 0.3) is 0 Å². The van der Waals surface area contributed by atoms with Crippen molar-refractivity contribution in [1.82, 2.24) is 0 Å². The molecular weight excluding hydrogens is 385 g/mol. The fraction of sp³-hybridized carbons (Fsp3) is 0.235. The van der Waals surface area contributed by atoms with Crippen molar-refractivity contribution < 1.29 is 27.6 Å². The molecule has 0 aliphatic carbocycles. The van der Waals surface area contributed by atoms with E-state index in [1.807, 2.05) is 0 Å². The third-order valence-electron chi connectivity index (χ3n) is 3.53. The number of amides is 1. The van der Waals surface area contributed by atoms with Crippen LogP contribution in [0.15, 0.2) is 47.4 Å². The maximum absolute atomic E-state index is 13.0. The van der Waals surface area contributed by atoms with Gasteiger partial charge in [0.1, 0.15) is 11.3 Å². The number of carbonyl (C=O) groups is 1. The summed E-state index contributed by atoms with van der Waals surface area (Å²) < 4.78 is 44.4. The topological polar surface area (TPSA) is 81.5 Å². The number of thiol groups is 1. The van der Waals surface area contributed by atoms with Crippen molar-refractivity contribution in [2.75, 3.05) is 11.9 Å². The highest BCUT2D eigenvalue weighted by molar-refractivity contribution is 7.80. The number of hydrogen-bond donors (Lipinski definition) is 2. The van der Waals surface area contributed by atoms with Crippen molar-refractivity contribution in [3.8, 4) is 5.75 Å². The number of nitro benzene ring substituents is 1. The van der Waals surface area contributed by atoms with Gasteiger partial charge in [-0.05, 0) is 30.3 Å².